The number of hydrogen-bond acceptors (Lipinski definition) is 4. The van der Waals surface area contributed by atoms with Gasteiger partial charge in [-0.2, -0.15) is 0 Å². The Morgan fingerprint density at radius 3 is 2.65 bits per heavy atom. The van der Waals surface area contributed by atoms with Gasteiger partial charge in [0.1, 0.15) is 0 Å². The monoisotopic (exact) mass is 293 g/mol. The summed E-state index contributed by atoms with van der Waals surface area (Å²) >= 11 is 1.80. The van der Waals surface area contributed by atoms with Crippen LogP contribution in [0.3, 0.4) is 0 Å². The fourth-order valence-electron chi connectivity index (χ4n) is 4.03. The fourth-order valence-corrected chi connectivity index (χ4v) is 4.64. The molecule has 1 aromatic rings. The second kappa shape index (κ2) is 5.74. The minimum atomic E-state index is 0.318. The molecule has 0 atom stereocenters. The smallest absolute Gasteiger partial charge is 0.0794 e. The van der Waals surface area contributed by atoms with Crippen molar-refractivity contribution in [1.82, 2.24) is 15.2 Å². The molecular weight excluding hydrogens is 266 g/mol. The van der Waals surface area contributed by atoms with Crippen molar-refractivity contribution in [3.05, 3.63) is 16.6 Å². The first-order chi connectivity index (χ1) is 9.72. The van der Waals surface area contributed by atoms with E-state index < -0.39 is 0 Å². The maximum atomic E-state index is 4.26. The summed E-state index contributed by atoms with van der Waals surface area (Å²) in [6, 6.07) is 0. The predicted molar refractivity (Wildman–Crippen MR) is 85.0 cm³/mol. The highest BCUT2D eigenvalue weighted by molar-refractivity contribution is 7.09. The van der Waals surface area contributed by atoms with Gasteiger partial charge in [-0.15, -0.1) is 11.3 Å². The van der Waals surface area contributed by atoms with E-state index in [1.165, 1.54) is 56.5 Å². The third-order valence-corrected chi connectivity index (χ3v) is 6.44. The first-order valence-corrected chi connectivity index (χ1v) is 8.97. The lowest BCUT2D eigenvalue weighted by atomic mass is 9.82. The quantitative estimate of drug-likeness (QED) is 0.922. The maximum absolute atomic E-state index is 4.26. The lowest BCUT2D eigenvalue weighted by Crippen LogP contribution is -2.68. The molecule has 4 heteroatoms. The molecule has 3 nitrogen and oxygen atoms in total. The Hall–Kier alpha value is -0.450. The van der Waals surface area contributed by atoms with Crippen LogP contribution in [-0.2, 0) is 6.54 Å². The zero-order valence-electron chi connectivity index (χ0n) is 12.8. The number of hydrogen-bond donors (Lipinski definition) is 1. The van der Waals surface area contributed by atoms with Gasteiger partial charge in [-0.05, 0) is 25.7 Å². The van der Waals surface area contributed by atoms with Crippen LogP contribution < -0.4 is 5.32 Å². The minimum absolute atomic E-state index is 0.318. The number of nitrogens with one attached hydrogen (secondary N) is 1. The molecule has 2 aliphatic rings. The molecule has 3 rings (SSSR count). The second-order valence-corrected chi connectivity index (χ2v) is 7.57. The van der Waals surface area contributed by atoms with Gasteiger partial charge in [-0.25, -0.2) is 0 Å². The van der Waals surface area contributed by atoms with Gasteiger partial charge >= 0.3 is 0 Å². The van der Waals surface area contributed by atoms with Crippen molar-refractivity contribution in [2.24, 2.45) is 0 Å². The van der Waals surface area contributed by atoms with Crippen LogP contribution in [0.4, 0.5) is 0 Å². The molecule has 0 unspecified atom stereocenters. The van der Waals surface area contributed by atoms with E-state index >= 15 is 0 Å². The summed E-state index contributed by atoms with van der Waals surface area (Å²) in [5, 5.41) is 3.92. The summed E-state index contributed by atoms with van der Waals surface area (Å²) in [6.45, 7) is 8.11. The lowest BCUT2D eigenvalue weighted by Gasteiger charge is -2.53. The Morgan fingerprint density at radius 2 is 2.05 bits per heavy atom. The Balaban J connectivity index is 1.82. The van der Waals surface area contributed by atoms with Crippen molar-refractivity contribution in [3.8, 4) is 0 Å². The minimum Gasteiger partial charge on any atom is -0.308 e. The number of nitrogens with zero attached hydrogens (tertiary/aromatic N) is 2. The molecule has 0 amide bonds. The van der Waals surface area contributed by atoms with Crippen LogP contribution in [0.1, 0.15) is 57.2 Å². The largest absolute Gasteiger partial charge is 0.308 e. The number of piperazine rings is 1. The Labute approximate surface area is 126 Å². The van der Waals surface area contributed by atoms with Crippen molar-refractivity contribution in [2.45, 2.75) is 70.0 Å². The molecule has 0 radical (unpaired) electrons. The van der Waals surface area contributed by atoms with Crippen LogP contribution in [0, 0.1) is 0 Å². The zero-order valence-corrected chi connectivity index (χ0v) is 13.6. The molecule has 1 saturated carbocycles. The molecule has 1 aliphatic heterocycles. The van der Waals surface area contributed by atoms with Gasteiger partial charge < -0.3 is 5.32 Å². The van der Waals surface area contributed by atoms with E-state index in [4.69, 9.17) is 0 Å². The molecule has 1 saturated heterocycles. The molecule has 0 bridgehead atoms. The van der Waals surface area contributed by atoms with Crippen LogP contribution in [0.25, 0.3) is 0 Å². The van der Waals surface area contributed by atoms with Gasteiger partial charge in [0.15, 0.2) is 0 Å². The van der Waals surface area contributed by atoms with E-state index in [1.54, 1.807) is 11.3 Å². The highest BCUT2D eigenvalue weighted by Gasteiger charge is 2.47. The normalized spacial score (nSPS) is 25.3. The highest BCUT2D eigenvalue weighted by atomic mass is 32.1. The van der Waals surface area contributed by atoms with E-state index in [-0.39, 0.29) is 0 Å². The number of rotatable bonds is 4. The van der Waals surface area contributed by atoms with Crippen LogP contribution in [-0.4, -0.2) is 34.1 Å². The molecule has 2 heterocycles. The summed E-state index contributed by atoms with van der Waals surface area (Å²) < 4.78 is 0. The van der Waals surface area contributed by atoms with Crippen molar-refractivity contribution in [2.75, 3.05) is 13.1 Å². The number of thiazole rings is 1. The number of aromatic nitrogens is 1. The second-order valence-electron chi connectivity index (χ2n) is 6.60. The SMILES string of the molecule is CCC1(CC)CN(Cc2cncs2)C2(CCCC2)CN1. The van der Waals surface area contributed by atoms with Crippen molar-refractivity contribution in [3.63, 3.8) is 0 Å². The summed E-state index contributed by atoms with van der Waals surface area (Å²) in [5.41, 5.74) is 2.70. The molecule has 1 spiro atoms. The van der Waals surface area contributed by atoms with Gasteiger partial charge in [0.05, 0.1) is 5.51 Å². The van der Waals surface area contributed by atoms with Crippen molar-refractivity contribution >= 4 is 11.3 Å². The Morgan fingerprint density at radius 1 is 1.30 bits per heavy atom. The van der Waals surface area contributed by atoms with E-state index in [1.807, 2.05) is 5.51 Å². The first-order valence-electron chi connectivity index (χ1n) is 8.09. The van der Waals surface area contributed by atoms with E-state index in [0.29, 0.717) is 11.1 Å². The van der Waals surface area contributed by atoms with Crippen LogP contribution in [0.15, 0.2) is 11.7 Å². The molecule has 2 fully saturated rings. The molecular formula is C16H27N3S. The summed E-state index contributed by atoms with van der Waals surface area (Å²) in [5.74, 6) is 0. The first kappa shape index (κ1) is 14.5. The van der Waals surface area contributed by atoms with Gasteiger partial charge in [0.2, 0.25) is 0 Å². The van der Waals surface area contributed by atoms with Crippen molar-refractivity contribution < 1.29 is 0 Å². The molecule has 112 valence electrons. The third-order valence-electron chi connectivity index (χ3n) is 5.67. The van der Waals surface area contributed by atoms with Crippen molar-refractivity contribution in [1.29, 1.82) is 0 Å². The predicted octanol–water partition coefficient (Wildman–Crippen LogP) is 3.42. The van der Waals surface area contributed by atoms with Gasteiger partial charge in [-0.1, -0.05) is 26.7 Å². The Bertz CT molecular complexity index is 419. The molecule has 0 aromatic carbocycles. The fraction of sp³-hybridized carbons (Fsp3) is 0.812. The molecule has 1 N–H and O–H groups in total. The highest BCUT2D eigenvalue weighted by Crippen LogP contribution is 2.40. The summed E-state index contributed by atoms with van der Waals surface area (Å²) in [7, 11) is 0. The van der Waals surface area contributed by atoms with Crippen LogP contribution in [0.5, 0.6) is 0 Å². The average Bonchev–Trinajstić information content (AvgIpc) is 3.14. The average molecular weight is 293 g/mol. The molecule has 1 aliphatic carbocycles. The zero-order chi connectivity index (χ0) is 14.1. The van der Waals surface area contributed by atoms with Gasteiger partial charge in [0.25, 0.3) is 0 Å². The maximum Gasteiger partial charge on any atom is 0.0794 e. The van der Waals surface area contributed by atoms with Crippen LogP contribution >= 0.6 is 11.3 Å². The van der Waals surface area contributed by atoms with Gasteiger partial charge in [0, 0.05) is 41.8 Å². The lowest BCUT2D eigenvalue weighted by molar-refractivity contribution is -0.00145. The Kier molecular flexibility index (Phi) is 4.16. The summed E-state index contributed by atoms with van der Waals surface area (Å²) in [4.78, 5) is 8.46. The van der Waals surface area contributed by atoms with E-state index in [0.717, 1.165) is 6.54 Å². The van der Waals surface area contributed by atoms with E-state index in [9.17, 15) is 0 Å². The van der Waals surface area contributed by atoms with Gasteiger partial charge in [-0.3, -0.25) is 9.88 Å². The topological polar surface area (TPSA) is 28.2 Å². The van der Waals surface area contributed by atoms with Crippen LogP contribution in [0.2, 0.25) is 0 Å². The molecule has 20 heavy (non-hydrogen) atoms. The van der Waals surface area contributed by atoms with E-state index in [2.05, 4.69) is 35.2 Å². The molecule has 1 aromatic heterocycles. The summed E-state index contributed by atoms with van der Waals surface area (Å²) in [6.07, 6.45) is 10.0. The standard InChI is InChI=1S/C16H27N3S/c1-3-15(4-2)12-19(10-14-9-17-13-20-14)16(11-18-15)7-5-6-8-16/h9,13,18H,3-8,10-12H2,1-2H3. The third kappa shape index (κ3) is 2.53.